The van der Waals surface area contributed by atoms with E-state index in [-0.39, 0.29) is 0 Å². The summed E-state index contributed by atoms with van der Waals surface area (Å²) >= 11 is 0. The van der Waals surface area contributed by atoms with Gasteiger partial charge in [-0.15, -0.1) is 0 Å². The molecule has 1 saturated carbocycles. The molecule has 4 rings (SSSR count). The zero-order valence-electron chi connectivity index (χ0n) is 14.2. The molecule has 0 amide bonds. The molecule has 0 N–H and O–H groups in total. The maximum absolute atomic E-state index is 13.8. The van der Waals surface area contributed by atoms with Crippen LogP contribution in [-0.4, -0.2) is 5.52 Å². The van der Waals surface area contributed by atoms with Crippen LogP contribution in [0.4, 0.5) is 0 Å². The van der Waals surface area contributed by atoms with Gasteiger partial charge in [0.25, 0.3) is 5.52 Å². The van der Waals surface area contributed by atoms with Gasteiger partial charge in [0, 0.05) is 6.42 Å². The molecular weight excluding hydrogens is 323 g/mol. The maximum Gasteiger partial charge on any atom is 0.283 e. The first-order chi connectivity index (χ1) is 12.3. The molecule has 0 heterocycles. The van der Waals surface area contributed by atoms with Crippen LogP contribution in [0, 0.1) is 5.92 Å². The zero-order valence-corrected chi connectivity index (χ0v) is 15.1. The summed E-state index contributed by atoms with van der Waals surface area (Å²) in [5.41, 5.74) is 0.415. The normalized spacial score (nSPS) is 14.2. The fourth-order valence-electron chi connectivity index (χ4n) is 3.54. The molecule has 124 valence electrons. The summed E-state index contributed by atoms with van der Waals surface area (Å²) in [7, 11) is -2.30. The van der Waals surface area contributed by atoms with E-state index in [2.05, 4.69) is 72.8 Å². The average molecular weight is 345 g/mol. The predicted molar refractivity (Wildman–Crippen MR) is 107 cm³/mol. The van der Waals surface area contributed by atoms with Crippen molar-refractivity contribution in [3.8, 4) is 0 Å². The first-order valence-electron chi connectivity index (χ1n) is 8.91. The summed E-state index contributed by atoms with van der Waals surface area (Å²) in [4.78, 5) is 13.8. The first-order valence-corrected chi connectivity index (χ1v) is 10.7. The summed E-state index contributed by atoms with van der Waals surface area (Å²) in [6.45, 7) is 0. The van der Waals surface area contributed by atoms with Crippen molar-refractivity contribution in [3.63, 3.8) is 0 Å². The molecule has 1 fully saturated rings. The van der Waals surface area contributed by atoms with E-state index in [1.807, 2.05) is 18.2 Å². The fraction of sp³-hybridized carbons (Fsp3) is 0.174. The Bertz CT molecular complexity index is 742. The van der Waals surface area contributed by atoms with Crippen molar-refractivity contribution in [1.82, 2.24) is 0 Å². The lowest BCUT2D eigenvalue weighted by molar-refractivity contribution is -0.111. The van der Waals surface area contributed by atoms with E-state index in [0.717, 1.165) is 15.9 Å². The largest absolute Gasteiger partial charge is 0.283 e. The van der Waals surface area contributed by atoms with Crippen LogP contribution < -0.4 is 15.9 Å². The average Bonchev–Trinajstić information content (AvgIpc) is 3.49. The lowest BCUT2D eigenvalue weighted by atomic mass is 10.3. The minimum Gasteiger partial charge on any atom is -0.252 e. The van der Waals surface area contributed by atoms with Crippen LogP contribution in [0.2, 0.25) is 0 Å². The van der Waals surface area contributed by atoms with Gasteiger partial charge in [-0.1, -0.05) is 54.6 Å². The summed E-state index contributed by atoms with van der Waals surface area (Å²) < 4.78 is 0. The van der Waals surface area contributed by atoms with Crippen molar-refractivity contribution in [3.05, 3.63) is 91.0 Å². The maximum atomic E-state index is 13.8. The number of carbonyl (C=O) groups excluding carboxylic acids is 1. The van der Waals surface area contributed by atoms with Crippen LogP contribution in [0.15, 0.2) is 91.0 Å². The molecule has 0 saturated heterocycles. The molecule has 0 radical (unpaired) electrons. The second-order valence-corrected chi connectivity index (χ2v) is 10.1. The van der Waals surface area contributed by atoms with Crippen molar-refractivity contribution >= 4 is 28.7 Å². The van der Waals surface area contributed by atoms with E-state index in [1.165, 1.54) is 12.8 Å². The number of hydrogen-bond donors (Lipinski definition) is 0. The fourth-order valence-corrected chi connectivity index (χ4v) is 7.69. The standard InChI is InChI=1S/C23H22OP/c24-23(18-19-16-17-19)25(20-10-4-1-5-11-20,21-12-6-2-7-13-21)22-14-8-3-9-15-22/h1-15,19H,16-18H2/q+1. The van der Waals surface area contributed by atoms with Gasteiger partial charge in [-0.2, -0.15) is 0 Å². The highest BCUT2D eigenvalue weighted by molar-refractivity contribution is 8.08. The summed E-state index contributed by atoms with van der Waals surface area (Å²) in [5, 5.41) is 3.49. The van der Waals surface area contributed by atoms with Gasteiger partial charge in [-0.3, -0.25) is 4.79 Å². The van der Waals surface area contributed by atoms with Gasteiger partial charge in [0.2, 0.25) is 0 Å². The highest BCUT2D eigenvalue weighted by Crippen LogP contribution is 2.58. The van der Waals surface area contributed by atoms with Crippen LogP contribution >= 0.6 is 7.26 Å². The topological polar surface area (TPSA) is 17.1 Å². The third-order valence-electron chi connectivity index (χ3n) is 4.96. The Kier molecular flexibility index (Phi) is 4.51. The van der Waals surface area contributed by atoms with E-state index in [1.54, 1.807) is 0 Å². The predicted octanol–water partition coefficient (Wildman–Crippen LogP) is 4.31. The number of rotatable bonds is 6. The van der Waals surface area contributed by atoms with Gasteiger partial charge in [-0.25, -0.2) is 0 Å². The first kappa shape index (κ1) is 16.2. The summed E-state index contributed by atoms with van der Waals surface area (Å²) in [6.07, 6.45) is 3.10. The van der Waals surface area contributed by atoms with Crippen molar-refractivity contribution < 1.29 is 4.79 Å². The van der Waals surface area contributed by atoms with Gasteiger partial charge < -0.3 is 0 Å². The highest BCUT2D eigenvalue weighted by Gasteiger charge is 2.53. The lowest BCUT2D eigenvalue weighted by Crippen LogP contribution is -2.36. The second kappa shape index (κ2) is 6.94. The third-order valence-corrected chi connectivity index (χ3v) is 9.11. The quantitative estimate of drug-likeness (QED) is 0.609. The third kappa shape index (κ3) is 3.05. The smallest absolute Gasteiger partial charge is 0.252 e. The van der Waals surface area contributed by atoms with Crippen LogP contribution in [0.1, 0.15) is 19.3 Å². The van der Waals surface area contributed by atoms with Gasteiger partial charge in [0.1, 0.15) is 15.9 Å². The van der Waals surface area contributed by atoms with E-state index >= 15 is 0 Å². The SMILES string of the molecule is O=C(CC1CC1)[P+](c1ccccc1)(c1ccccc1)c1ccccc1. The van der Waals surface area contributed by atoms with Crippen molar-refractivity contribution in [2.24, 2.45) is 5.92 Å². The van der Waals surface area contributed by atoms with Crippen molar-refractivity contribution in [2.45, 2.75) is 19.3 Å². The van der Waals surface area contributed by atoms with E-state index in [4.69, 9.17) is 0 Å². The Morgan fingerprint density at radius 1 is 0.680 bits per heavy atom. The molecule has 0 unspecified atom stereocenters. The van der Waals surface area contributed by atoms with E-state index in [9.17, 15) is 4.79 Å². The van der Waals surface area contributed by atoms with Crippen LogP contribution in [0.25, 0.3) is 0 Å². The Hall–Kier alpha value is -2.24. The number of benzene rings is 3. The summed E-state index contributed by atoms with van der Waals surface area (Å²) in [6, 6.07) is 31.2. The lowest BCUT2D eigenvalue weighted by Gasteiger charge is -2.25. The minimum absolute atomic E-state index is 0.415. The van der Waals surface area contributed by atoms with Crippen molar-refractivity contribution in [2.75, 3.05) is 0 Å². The molecule has 0 aliphatic heterocycles. The Morgan fingerprint density at radius 2 is 1.04 bits per heavy atom. The molecule has 0 spiro atoms. The minimum atomic E-state index is -2.30. The molecule has 0 bridgehead atoms. The Morgan fingerprint density at radius 3 is 1.36 bits per heavy atom. The summed E-state index contributed by atoms with van der Waals surface area (Å²) in [5.74, 6) is 0.586. The Balaban J connectivity index is 1.98. The van der Waals surface area contributed by atoms with Gasteiger partial charge in [0.15, 0.2) is 7.26 Å². The van der Waals surface area contributed by atoms with Crippen LogP contribution in [0.5, 0.6) is 0 Å². The van der Waals surface area contributed by atoms with Gasteiger partial charge in [0.05, 0.1) is 0 Å². The number of hydrogen-bond acceptors (Lipinski definition) is 1. The molecule has 1 aliphatic rings. The zero-order chi connectivity index (χ0) is 17.1. The molecule has 3 aromatic carbocycles. The van der Waals surface area contributed by atoms with Crippen molar-refractivity contribution in [1.29, 1.82) is 0 Å². The molecular formula is C23H22OP+. The monoisotopic (exact) mass is 345 g/mol. The molecule has 25 heavy (non-hydrogen) atoms. The molecule has 0 aromatic heterocycles. The van der Waals surface area contributed by atoms with Gasteiger partial charge in [-0.05, 0) is 55.2 Å². The Labute approximate surface area is 150 Å². The molecule has 0 atom stereocenters. The second-order valence-electron chi connectivity index (χ2n) is 6.72. The number of carbonyl (C=O) groups is 1. The van der Waals surface area contributed by atoms with Gasteiger partial charge >= 0.3 is 0 Å². The highest BCUT2D eigenvalue weighted by atomic mass is 31.2. The molecule has 2 heteroatoms. The van der Waals surface area contributed by atoms with Crippen LogP contribution in [0.3, 0.4) is 0 Å². The molecule has 1 nitrogen and oxygen atoms in total. The van der Waals surface area contributed by atoms with E-state index < -0.39 is 7.26 Å². The van der Waals surface area contributed by atoms with E-state index in [0.29, 0.717) is 17.9 Å². The van der Waals surface area contributed by atoms with Crippen LogP contribution in [-0.2, 0) is 4.79 Å². The molecule has 3 aromatic rings. The molecule has 1 aliphatic carbocycles.